The quantitative estimate of drug-likeness (QED) is 0.230. The molecule has 1 N–H and O–H groups in total. The lowest BCUT2D eigenvalue weighted by Crippen LogP contribution is -2.32. The van der Waals surface area contributed by atoms with Crippen molar-refractivity contribution in [3.05, 3.63) is 65.1 Å². The maximum absolute atomic E-state index is 13.3. The number of rotatable bonds is 12. The Balaban J connectivity index is 0.00000237. The van der Waals surface area contributed by atoms with Gasteiger partial charge < -0.3 is 18.8 Å². The van der Waals surface area contributed by atoms with Crippen molar-refractivity contribution in [3.63, 3.8) is 0 Å². The molecular formula is C28H35ClN6O6S. The normalized spacial score (nSPS) is 10.9. The maximum atomic E-state index is 13.3. The molecule has 0 radical (unpaired) electrons. The monoisotopic (exact) mass is 618 g/mol. The van der Waals surface area contributed by atoms with Gasteiger partial charge in [-0.1, -0.05) is 31.5 Å². The van der Waals surface area contributed by atoms with Gasteiger partial charge in [0.1, 0.15) is 17.2 Å². The number of nitrogens with one attached hydrogen (secondary N) is 1. The zero-order valence-electron chi connectivity index (χ0n) is 24.4. The van der Waals surface area contributed by atoms with E-state index in [4.69, 9.17) is 25.5 Å². The van der Waals surface area contributed by atoms with Crippen LogP contribution in [0.1, 0.15) is 43.7 Å². The van der Waals surface area contributed by atoms with Crippen LogP contribution in [0.15, 0.2) is 53.3 Å². The average molecular weight is 619 g/mol. The number of halogens is 1. The summed E-state index contributed by atoms with van der Waals surface area (Å²) in [6.45, 7) is 8.69. The molecule has 1 aromatic carbocycles. The third-order valence-electron chi connectivity index (χ3n) is 6.10. The van der Waals surface area contributed by atoms with Crippen LogP contribution in [0.5, 0.6) is 11.5 Å². The molecule has 4 rings (SSSR count). The van der Waals surface area contributed by atoms with Gasteiger partial charge in [-0.25, -0.2) is 8.42 Å². The molecule has 42 heavy (non-hydrogen) atoms. The molecule has 0 saturated heterocycles. The Morgan fingerprint density at radius 1 is 1.07 bits per heavy atom. The summed E-state index contributed by atoms with van der Waals surface area (Å²) in [5.74, 6) is 0.554. The maximum Gasteiger partial charge on any atom is 0.255 e. The van der Waals surface area contributed by atoms with E-state index >= 15 is 0 Å². The molecule has 1 amide bonds. The molecule has 3 aromatic heterocycles. The standard InChI is InChI=1S/C26H29ClN6O6S.C2H6/c1-5-32(6-2)25(34)18-15-17(27)16-28-19(18)12-14-40(35,36)31-26-30-29-24(22-11-8-13-39-22)33(26)23-20(37-3)9-7-10-21(23)38-4;1-2/h7-11,13,15-16H,5-6,12,14H2,1-4H3,(H,30,31);1-2H3. The third kappa shape index (κ3) is 7.21. The van der Waals surface area contributed by atoms with Crippen LogP contribution in [-0.2, 0) is 16.4 Å². The number of hydrogen-bond donors (Lipinski definition) is 1. The molecule has 0 unspecified atom stereocenters. The SMILES string of the molecule is CC.CCN(CC)C(=O)c1cc(Cl)cnc1CCS(=O)(=O)Nc1nnc(-c2ccco2)n1-c1c(OC)cccc1OC. The number of benzene rings is 1. The van der Waals surface area contributed by atoms with E-state index in [1.165, 1.54) is 37.3 Å². The van der Waals surface area contributed by atoms with Gasteiger partial charge in [0.05, 0.1) is 42.5 Å². The van der Waals surface area contributed by atoms with Gasteiger partial charge in [0.25, 0.3) is 5.91 Å². The first kappa shape index (κ1) is 32.4. The number of amides is 1. The van der Waals surface area contributed by atoms with Gasteiger partial charge >= 0.3 is 0 Å². The van der Waals surface area contributed by atoms with Crippen LogP contribution in [0.25, 0.3) is 17.3 Å². The molecule has 12 nitrogen and oxygen atoms in total. The highest BCUT2D eigenvalue weighted by atomic mass is 35.5. The molecule has 0 bridgehead atoms. The highest BCUT2D eigenvalue weighted by Gasteiger charge is 2.27. The van der Waals surface area contributed by atoms with E-state index in [1.807, 2.05) is 27.7 Å². The number of aromatic nitrogens is 4. The summed E-state index contributed by atoms with van der Waals surface area (Å²) in [6, 6.07) is 9.98. The van der Waals surface area contributed by atoms with E-state index in [0.29, 0.717) is 41.7 Å². The van der Waals surface area contributed by atoms with Gasteiger partial charge in [-0.2, -0.15) is 0 Å². The smallest absolute Gasteiger partial charge is 0.255 e. The number of pyridine rings is 1. The van der Waals surface area contributed by atoms with Gasteiger partial charge in [0.15, 0.2) is 5.76 Å². The highest BCUT2D eigenvalue weighted by molar-refractivity contribution is 7.92. The molecule has 0 spiro atoms. The van der Waals surface area contributed by atoms with Gasteiger partial charge in [-0.15, -0.1) is 10.2 Å². The second-order valence-corrected chi connectivity index (χ2v) is 10.7. The fourth-order valence-electron chi connectivity index (χ4n) is 4.13. The summed E-state index contributed by atoms with van der Waals surface area (Å²) in [4.78, 5) is 18.9. The Bertz CT molecular complexity index is 1560. The van der Waals surface area contributed by atoms with Crippen molar-refractivity contribution in [2.45, 2.75) is 34.1 Å². The van der Waals surface area contributed by atoms with Crippen molar-refractivity contribution in [2.24, 2.45) is 0 Å². The van der Waals surface area contributed by atoms with E-state index in [2.05, 4.69) is 19.9 Å². The Morgan fingerprint density at radius 2 is 1.74 bits per heavy atom. The molecule has 0 saturated carbocycles. The second kappa shape index (κ2) is 14.7. The summed E-state index contributed by atoms with van der Waals surface area (Å²) in [5.41, 5.74) is 0.942. The van der Waals surface area contributed by atoms with Crippen LogP contribution in [-0.4, -0.2) is 72.0 Å². The van der Waals surface area contributed by atoms with Crippen LogP contribution in [0.3, 0.4) is 0 Å². The molecule has 0 aliphatic heterocycles. The molecule has 0 aliphatic rings. The van der Waals surface area contributed by atoms with E-state index in [-0.39, 0.29) is 34.7 Å². The lowest BCUT2D eigenvalue weighted by molar-refractivity contribution is 0.0771. The topological polar surface area (TPSA) is 142 Å². The predicted octanol–water partition coefficient (Wildman–Crippen LogP) is 5.09. The number of anilines is 1. The first-order valence-corrected chi connectivity index (χ1v) is 15.4. The number of para-hydroxylation sites is 1. The molecule has 4 aromatic rings. The molecule has 0 fully saturated rings. The number of aryl methyl sites for hydroxylation is 1. The van der Waals surface area contributed by atoms with Gasteiger partial charge in [-0.05, 0) is 44.2 Å². The minimum atomic E-state index is -4.03. The fraction of sp³-hybridized carbons (Fsp3) is 0.357. The summed E-state index contributed by atoms with van der Waals surface area (Å²) >= 11 is 6.11. The third-order valence-corrected chi connectivity index (χ3v) is 7.54. The molecule has 3 heterocycles. The largest absolute Gasteiger partial charge is 0.494 e. The predicted molar refractivity (Wildman–Crippen MR) is 161 cm³/mol. The Labute approximate surface area is 250 Å². The van der Waals surface area contributed by atoms with Gasteiger partial charge in [-0.3, -0.25) is 19.1 Å². The minimum absolute atomic E-state index is 0.0496. The zero-order valence-corrected chi connectivity index (χ0v) is 26.0. The molecule has 14 heteroatoms. The van der Waals surface area contributed by atoms with Crippen molar-refractivity contribution < 1.29 is 27.1 Å². The summed E-state index contributed by atoms with van der Waals surface area (Å²) in [6.07, 6.45) is 2.80. The summed E-state index contributed by atoms with van der Waals surface area (Å²) in [5, 5.41) is 8.56. The number of carbonyl (C=O) groups excluding carboxylic acids is 1. The average Bonchev–Trinajstić information content (AvgIpc) is 3.67. The van der Waals surface area contributed by atoms with Crippen LogP contribution in [0.2, 0.25) is 5.02 Å². The molecule has 226 valence electrons. The Morgan fingerprint density at radius 3 is 2.31 bits per heavy atom. The van der Waals surface area contributed by atoms with E-state index < -0.39 is 15.8 Å². The number of carbonyl (C=O) groups is 1. The number of hydrogen-bond acceptors (Lipinski definition) is 9. The summed E-state index contributed by atoms with van der Waals surface area (Å²) < 4.78 is 47.2. The Hall–Kier alpha value is -4.10. The van der Waals surface area contributed by atoms with E-state index in [9.17, 15) is 13.2 Å². The van der Waals surface area contributed by atoms with Crippen LogP contribution in [0.4, 0.5) is 5.95 Å². The van der Waals surface area contributed by atoms with Crippen molar-refractivity contribution in [2.75, 3.05) is 37.8 Å². The van der Waals surface area contributed by atoms with Crippen LogP contribution in [0, 0.1) is 0 Å². The van der Waals surface area contributed by atoms with Crippen molar-refractivity contribution in [1.29, 1.82) is 0 Å². The van der Waals surface area contributed by atoms with Crippen molar-refractivity contribution in [3.8, 4) is 28.8 Å². The second-order valence-electron chi connectivity index (χ2n) is 8.47. The molecule has 0 aliphatic carbocycles. The first-order valence-electron chi connectivity index (χ1n) is 13.4. The fourth-order valence-corrected chi connectivity index (χ4v) is 5.27. The lowest BCUT2D eigenvalue weighted by Gasteiger charge is -2.20. The molecule has 0 atom stereocenters. The molecular weight excluding hydrogens is 584 g/mol. The first-order chi connectivity index (χ1) is 20.2. The van der Waals surface area contributed by atoms with E-state index in [0.717, 1.165) is 0 Å². The number of methoxy groups -OCH3 is 2. The van der Waals surface area contributed by atoms with Crippen molar-refractivity contribution in [1.82, 2.24) is 24.6 Å². The van der Waals surface area contributed by atoms with E-state index in [1.54, 1.807) is 35.2 Å². The van der Waals surface area contributed by atoms with Crippen molar-refractivity contribution >= 4 is 33.5 Å². The highest BCUT2D eigenvalue weighted by Crippen LogP contribution is 2.37. The summed E-state index contributed by atoms with van der Waals surface area (Å²) in [7, 11) is -1.06. The Kier molecular flexibility index (Phi) is 11.3. The number of sulfonamides is 1. The lowest BCUT2D eigenvalue weighted by atomic mass is 10.1. The number of furan rings is 1. The zero-order chi connectivity index (χ0) is 30.9. The van der Waals surface area contributed by atoms with Gasteiger partial charge in [0.2, 0.25) is 21.8 Å². The minimum Gasteiger partial charge on any atom is -0.494 e. The van der Waals surface area contributed by atoms with Gasteiger partial charge in [0, 0.05) is 25.7 Å². The number of nitrogens with zero attached hydrogens (tertiary/aromatic N) is 5. The van der Waals surface area contributed by atoms with Crippen LogP contribution < -0.4 is 14.2 Å². The van der Waals surface area contributed by atoms with Crippen LogP contribution >= 0.6 is 11.6 Å². The number of ether oxygens (including phenoxy) is 2.